The number of nitrogens with zero attached hydrogens (tertiary/aromatic N) is 3. The third kappa shape index (κ3) is 3.45. The van der Waals surface area contributed by atoms with E-state index in [0.29, 0.717) is 29.4 Å². The zero-order valence-electron chi connectivity index (χ0n) is 18.0. The molecule has 34 heavy (non-hydrogen) atoms. The van der Waals surface area contributed by atoms with Crippen LogP contribution in [0.4, 0.5) is 0 Å². The molecule has 0 unspecified atom stereocenters. The van der Waals surface area contributed by atoms with E-state index in [0.717, 1.165) is 44.9 Å². The van der Waals surface area contributed by atoms with E-state index in [1.807, 2.05) is 89.3 Å². The highest BCUT2D eigenvalue weighted by Crippen LogP contribution is 2.34. The lowest BCUT2D eigenvalue weighted by atomic mass is 10.0. The second-order valence-electron chi connectivity index (χ2n) is 7.98. The molecule has 1 aliphatic heterocycles. The van der Waals surface area contributed by atoms with Crippen LogP contribution in [0.1, 0.15) is 16.7 Å². The van der Waals surface area contributed by atoms with Gasteiger partial charge < -0.3 is 9.47 Å². The highest BCUT2D eigenvalue weighted by atomic mass is 35.5. The molecule has 6 rings (SSSR count). The summed E-state index contributed by atoms with van der Waals surface area (Å²) in [6.07, 6.45) is 3.91. The lowest BCUT2D eigenvalue weighted by Crippen LogP contribution is -2.15. The van der Waals surface area contributed by atoms with Crippen molar-refractivity contribution in [1.82, 2.24) is 9.38 Å². The van der Waals surface area contributed by atoms with Gasteiger partial charge in [-0.1, -0.05) is 54.1 Å². The van der Waals surface area contributed by atoms with Crippen molar-refractivity contribution in [3.05, 3.63) is 94.5 Å². The van der Waals surface area contributed by atoms with Gasteiger partial charge in [-0.15, -0.1) is 0 Å². The van der Waals surface area contributed by atoms with Gasteiger partial charge in [-0.25, -0.2) is 4.98 Å². The van der Waals surface area contributed by atoms with Gasteiger partial charge in [0, 0.05) is 10.6 Å². The van der Waals surface area contributed by atoms with Crippen LogP contribution in [0.2, 0.25) is 5.02 Å². The van der Waals surface area contributed by atoms with Crippen molar-refractivity contribution in [1.29, 1.82) is 5.26 Å². The zero-order chi connectivity index (χ0) is 23.1. The van der Waals surface area contributed by atoms with Gasteiger partial charge in [0.1, 0.15) is 24.8 Å². The summed E-state index contributed by atoms with van der Waals surface area (Å²) in [5.41, 5.74) is 6.47. The number of nitriles is 1. The van der Waals surface area contributed by atoms with Gasteiger partial charge in [-0.2, -0.15) is 5.26 Å². The molecule has 5 aromatic rings. The Bertz CT molecular complexity index is 1650. The number of rotatable bonds is 3. The van der Waals surface area contributed by atoms with E-state index in [-0.39, 0.29) is 0 Å². The first-order valence-corrected chi connectivity index (χ1v) is 11.3. The van der Waals surface area contributed by atoms with E-state index in [2.05, 4.69) is 6.07 Å². The number of hydrogen-bond donors (Lipinski definition) is 0. The molecule has 0 saturated heterocycles. The predicted molar refractivity (Wildman–Crippen MR) is 134 cm³/mol. The van der Waals surface area contributed by atoms with Crippen LogP contribution < -0.4 is 9.47 Å². The minimum atomic E-state index is 0.510. The second kappa shape index (κ2) is 8.26. The molecule has 164 valence electrons. The molecule has 0 aliphatic carbocycles. The SMILES string of the molecule is N#Cc1c(C=Cc2ccc3c(c2)OCCO3)cc(-c2cccc(Cl)c2)n2c1nc1ccccc12. The van der Waals surface area contributed by atoms with Crippen LogP contribution in [0.15, 0.2) is 72.8 Å². The first-order chi connectivity index (χ1) is 16.7. The van der Waals surface area contributed by atoms with Gasteiger partial charge in [0.05, 0.1) is 16.7 Å². The van der Waals surface area contributed by atoms with Crippen LogP contribution in [0.25, 0.3) is 40.1 Å². The Hall–Kier alpha value is -4.27. The first kappa shape index (κ1) is 20.3. The van der Waals surface area contributed by atoms with Gasteiger partial charge >= 0.3 is 0 Å². The molecule has 0 fully saturated rings. The summed E-state index contributed by atoms with van der Waals surface area (Å²) in [6, 6.07) is 25.8. The van der Waals surface area contributed by atoms with Crippen LogP contribution in [-0.4, -0.2) is 22.6 Å². The molecular formula is C28H18ClN3O2. The van der Waals surface area contributed by atoms with Crippen molar-refractivity contribution in [2.24, 2.45) is 0 Å². The summed E-state index contributed by atoms with van der Waals surface area (Å²) in [7, 11) is 0. The van der Waals surface area contributed by atoms with Gasteiger partial charge in [-0.05, 0) is 53.6 Å². The molecule has 0 amide bonds. The molecular weight excluding hydrogens is 446 g/mol. The maximum Gasteiger partial charge on any atom is 0.161 e. The van der Waals surface area contributed by atoms with Crippen molar-refractivity contribution in [3.8, 4) is 28.8 Å². The number of para-hydroxylation sites is 2. The zero-order valence-corrected chi connectivity index (χ0v) is 18.8. The molecule has 3 aromatic carbocycles. The number of imidazole rings is 1. The fourth-order valence-corrected chi connectivity index (χ4v) is 4.50. The fourth-order valence-electron chi connectivity index (χ4n) is 4.31. The predicted octanol–water partition coefficient (Wildman–Crippen LogP) is 6.62. The average Bonchev–Trinajstić information content (AvgIpc) is 3.26. The topological polar surface area (TPSA) is 59.5 Å². The monoisotopic (exact) mass is 463 g/mol. The molecule has 1 aliphatic rings. The van der Waals surface area contributed by atoms with Gasteiger partial charge in [-0.3, -0.25) is 4.40 Å². The minimum absolute atomic E-state index is 0.510. The van der Waals surface area contributed by atoms with Crippen LogP contribution in [0.3, 0.4) is 0 Å². The molecule has 0 spiro atoms. The normalized spacial score (nSPS) is 12.9. The van der Waals surface area contributed by atoms with E-state index in [1.54, 1.807) is 0 Å². The lowest BCUT2D eigenvalue weighted by molar-refractivity contribution is 0.171. The van der Waals surface area contributed by atoms with Gasteiger partial charge in [0.25, 0.3) is 0 Å². The minimum Gasteiger partial charge on any atom is -0.486 e. The standard InChI is InChI=1S/C28H18ClN3O2/c29-21-5-3-4-20(15-21)25-16-19(10-8-18-9-11-26-27(14-18)34-13-12-33-26)22(17-30)28-31-23-6-1-2-7-24(23)32(25)28/h1-11,14-16H,12-13H2. The Balaban J connectivity index is 1.57. The summed E-state index contributed by atoms with van der Waals surface area (Å²) in [6.45, 7) is 1.09. The Morgan fingerprint density at radius 3 is 2.62 bits per heavy atom. The van der Waals surface area contributed by atoms with Crippen molar-refractivity contribution < 1.29 is 9.47 Å². The van der Waals surface area contributed by atoms with Gasteiger partial charge in [0.15, 0.2) is 17.1 Å². The largest absolute Gasteiger partial charge is 0.486 e. The maximum atomic E-state index is 10.1. The lowest BCUT2D eigenvalue weighted by Gasteiger charge is -2.18. The molecule has 3 heterocycles. The third-order valence-corrected chi connectivity index (χ3v) is 6.10. The molecule has 5 nitrogen and oxygen atoms in total. The molecule has 0 atom stereocenters. The third-order valence-electron chi connectivity index (χ3n) is 5.86. The summed E-state index contributed by atoms with van der Waals surface area (Å²) in [5.74, 6) is 1.47. The summed E-state index contributed by atoms with van der Waals surface area (Å²) in [5, 5.41) is 10.8. The quantitative estimate of drug-likeness (QED) is 0.301. The number of pyridine rings is 1. The van der Waals surface area contributed by atoms with Crippen LogP contribution in [0.5, 0.6) is 11.5 Å². The molecule has 2 aromatic heterocycles. The Morgan fingerprint density at radius 1 is 0.912 bits per heavy atom. The number of halogens is 1. The van der Waals surface area contributed by atoms with Crippen molar-refractivity contribution >= 4 is 40.4 Å². The Morgan fingerprint density at radius 2 is 1.76 bits per heavy atom. The van der Waals surface area contributed by atoms with Crippen molar-refractivity contribution in [2.45, 2.75) is 0 Å². The van der Waals surface area contributed by atoms with Gasteiger partial charge in [0.2, 0.25) is 0 Å². The van der Waals surface area contributed by atoms with E-state index in [1.165, 1.54) is 0 Å². The maximum absolute atomic E-state index is 10.1. The molecule has 0 radical (unpaired) electrons. The average molecular weight is 464 g/mol. The summed E-state index contributed by atoms with van der Waals surface area (Å²) in [4.78, 5) is 4.80. The highest BCUT2D eigenvalue weighted by Gasteiger charge is 2.17. The first-order valence-electron chi connectivity index (χ1n) is 10.9. The number of benzene rings is 3. The number of hydrogen-bond acceptors (Lipinski definition) is 4. The van der Waals surface area contributed by atoms with Crippen LogP contribution in [-0.2, 0) is 0 Å². The molecule has 0 bridgehead atoms. The number of aromatic nitrogens is 2. The van der Waals surface area contributed by atoms with Crippen molar-refractivity contribution in [3.63, 3.8) is 0 Å². The Labute approximate surface area is 201 Å². The van der Waals surface area contributed by atoms with E-state index in [9.17, 15) is 5.26 Å². The number of fused-ring (bicyclic) bond motifs is 4. The molecule has 6 heteroatoms. The summed E-state index contributed by atoms with van der Waals surface area (Å²) < 4.78 is 13.3. The van der Waals surface area contributed by atoms with Crippen LogP contribution >= 0.6 is 11.6 Å². The smallest absolute Gasteiger partial charge is 0.161 e. The number of ether oxygens (including phenoxy) is 2. The summed E-state index contributed by atoms with van der Waals surface area (Å²) >= 11 is 6.32. The van der Waals surface area contributed by atoms with E-state index < -0.39 is 0 Å². The molecule has 0 N–H and O–H groups in total. The molecule has 0 saturated carbocycles. The highest BCUT2D eigenvalue weighted by molar-refractivity contribution is 6.30. The second-order valence-corrected chi connectivity index (χ2v) is 8.41. The fraction of sp³-hybridized carbons (Fsp3) is 0.0714. The van der Waals surface area contributed by atoms with E-state index in [4.69, 9.17) is 26.1 Å². The van der Waals surface area contributed by atoms with Crippen LogP contribution in [0, 0.1) is 11.3 Å². The Kier molecular flexibility index (Phi) is 4.94. The van der Waals surface area contributed by atoms with E-state index >= 15 is 0 Å². The van der Waals surface area contributed by atoms with Crippen molar-refractivity contribution in [2.75, 3.05) is 13.2 Å².